The maximum Gasteiger partial charge on any atom is 0.258 e. The smallest absolute Gasteiger partial charge is 0.258 e. The quantitative estimate of drug-likeness (QED) is 0.698. The van der Waals surface area contributed by atoms with Crippen molar-refractivity contribution < 1.29 is 9.90 Å². The van der Waals surface area contributed by atoms with Crippen LogP contribution in [0.3, 0.4) is 0 Å². The van der Waals surface area contributed by atoms with Crippen molar-refractivity contribution in [2.45, 2.75) is 88.7 Å². The summed E-state index contributed by atoms with van der Waals surface area (Å²) >= 11 is 0. The summed E-state index contributed by atoms with van der Waals surface area (Å²) in [7, 11) is 0. The molecule has 4 rings (SSSR count). The molecule has 1 saturated heterocycles. The molecule has 2 N–H and O–H groups in total. The molecular weight excluding hydrogens is 376 g/mol. The van der Waals surface area contributed by atoms with Crippen LogP contribution in [0.2, 0.25) is 0 Å². The molecule has 2 saturated carbocycles. The Morgan fingerprint density at radius 1 is 1.00 bits per heavy atom. The number of hydrogen-bond acceptors (Lipinski definition) is 5. The number of likely N-dealkylation sites (tertiary alicyclic amines) is 1. The van der Waals surface area contributed by atoms with Crippen LogP contribution in [0, 0.1) is 11.8 Å². The van der Waals surface area contributed by atoms with Crippen molar-refractivity contribution in [3.8, 4) is 0 Å². The number of carbonyl (C=O) groups is 1. The van der Waals surface area contributed by atoms with Gasteiger partial charge in [0.05, 0.1) is 6.20 Å². The summed E-state index contributed by atoms with van der Waals surface area (Å²) in [6.07, 6.45) is 18.8. The van der Waals surface area contributed by atoms with E-state index in [2.05, 4.69) is 20.2 Å². The topological polar surface area (TPSA) is 78.4 Å². The predicted molar refractivity (Wildman–Crippen MR) is 117 cm³/mol. The first kappa shape index (κ1) is 21.7. The molecule has 0 spiro atoms. The second kappa shape index (κ2) is 10.2. The van der Waals surface area contributed by atoms with Crippen LogP contribution in [-0.4, -0.2) is 51.6 Å². The van der Waals surface area contributed by atoms with Crippen LogP contribution in [-0.2, 0) is 10.4 Å². The van der Waals surface area contributed by atoms with Gasteiger partial charge in [-0.2, -0.15) is 0 Å². The molecule has 2 aliphatic carbocycles. The Hall–Kier alpha value is -1.53. The molecule has 1 amide bonds. The van der Waals surface area contributed by atoms with Crippen LogP contribution in [0.15, 0.2) is 18.6 Å². The van der Waals surface area contributed by atoms with Gasteiger partial charge in [-0.25, -0.2) is 0 Å². The van der Waals surface area contributed by atoms with Crippen molar-refractivity contribution >= 4 is 5.91 Å². The van der Waals surface area contributed by atoms with Crippen molar-refractivity contribution in [3.63, 3.8) is 0 Å². The summed E-state index contributed by atoms with van der Waals surface area (Å²) in [5.74, 6) is 0.490. The minimum Gasteiger partial charge on any atom is -0.374 e. The highest BCUT2D eigenvalue weighted by atomic mass is 16.3. The number of hydrogen-bond donors (Lipinski definition) is 2. The Kier molecular flexibility index (Phi) is 7.37. The van der Waals surface area contributed by atoms with Gasteiger partial charge >= 0.3 is 0 Å². The Balaban J connectivity index is 1.33. The third-order valence-corrected chi connectivity index (χ3v) is 7.66. The Morgan fingerprint density at radius 2 is 1.67 bits per heavy atom. The number of carbonyl (C=O) groups excluding carboxylic acids is 1. The third kappa shape index (κ3) is 5.02. The second-order valence-electron chi connectivity index (χ2n) is 9.74. The molecular formula is C24H38N4O2. The van der Waals surface area contributed by atoms with E-state index in [-0.39, 0.29) is 17.9 Å². The van der Waals surface area contributed by atoms with Crippen molar-refractivity contribution in [1.29, 1.82) is 0 Å². The number of nitrogens with zero attached hydrogens (tertiary/aromatic N) is 3. The Morgan fingerprint density at radius 3 is 2.30 bits per heavy atom. The van der Waals surface area contributed by atoms with E-state index in [0.29, 0.717) is 5.69 Å². The maximum atomic E-state index is 13.3. The van der Waals surface area contributed by atoms with E-state index in [0.717, 1.165) is 57.5 Å². The Bertz CT molecular complexity index is 663. The van der Waals surface area contributed by atoms with Crippen LogP contribution in [0.25, 0.3) is 0 Å². The van der Waals surface area contributed by atoms with Crippen LogP contribution in [0.1, 0.15) is 82.7 Å². The summed E-state index contributed by atoms with van der Waals surface area (Å²) in [6, 6.07) is 0.132. The molecule has 166 valence electrons. The normalized spacial score (nSPS) is 25.0. The minimum atomic E-state index is -1.57. The van der Waals surface area contributed by atoms with Gasteiger partial charge in [0.1, 0.15) is 5.69 Å². The zero-order valence-corrected chi connectivity index (χ0v) is 18.3. The first-order valence-corrected chi connectivity index (χ1v) is 12.2. The lowest BCUT2D eigenvalue weighted by molar-refractivity contribution is -0.149. The average Bonchev–Trinajstić information content (AvgIpc) is 3.21. The maximum absolute atomic E-state index is 13.3. The van der Waals surface area contributed by atoms with Gasteiger partial charge in [0.15, 0.2) is 5.60 Å². The molecule has 1 aliphatic heterocycles. The molecule has 2 heterocycles. The fourth-order valence-corrected chi connectivity index (χ4v) is 5.82. The molecule has 0 aromatic carbocycles. The van der Waals surface area contributed by atoms with Gasteiger partial charge in [0.25, 0.3) is 5.91 Å². The highest BCUT2D eigenvalue weighted by molar-refractivity contribution is 5.86. The van der Waals surface area contributed by atoms with Crippen LogP contribution in [0.5, 0.6) is 0 Å². The average molecular weight is 415 g/mol. The minimum absolute atomic E-state index is 0.0791. The summed E-state index contributed by atoms with van der Waals surface area (Å²) < 4.78 is 0. The molecule has 3 fully saturated rings. The van der Waals surface area contributed by atoms with Gasteiger partial charge in [0.2, 0.25) is 0 Å². The van der Waals surface area contributed by atoms with E-state index in [1.165, 1.54) is 45.1 Å². The van der Waals surface area contributed by atoms with Crippen molar-refractivity contribution in [1.82, 2.24) is 20.2 Å². The molecule has 6 heteroatoms. The lowest BCUT2D eigenvalue weighted by Gasteiger charge is -2.37. The molecule has 6 nitrogen and oxygen atoms in total. The van der Waals surface area contributed by atoms with Crippen LogP contribution < -0.4 is 5.32 Å². The van der Waals surface area contributed by atoms with Gasteiger partial charge in [-0.15, -0.1) is 0 Å². The standard InChI is InChI=1S/C24H38N4O2/c29-23(24(30,20-9-5-6-10-20)22-17-25-13-14-26-22)27-21-11-15-28(16-12-21)18-19-7-3-1-2-4-8-19/h13-14,17,19-21,30H,1-12,15-16,18H2,(H,27,29). The largest absolute Gasteiger partial charge is 0.374 e. The van der Waals surface area contributed by atoms with E-state index < -0.39 is 5.60 Å². The highest BCUT2D eigenvalue weighted by Crippen LogP contribution is 2.40. The molecule has 0 bridgehead atoms. The monoisotopic (exact) mass is 414 g/mol. The van der Waals surface area contributed by atoms with E-state index in [1.54, 1.807) is 18.6 Å². The first-order chi connectivity index (χ1) is 14.7. The number of rotatable bonds is 6. The summed E-state index contributed by atoms with van der Waals surface area (Å²) in [5, 5.41) is 14.7. The Labute approximate surface area is 180 Å². The lowest BCUT2D eigenvalue weighted by atomic mass is 9.82. The fraction of sp³-hybridized carbons (Fsp3) is 0.792. The summed E-state index contributed by atoms with van der Waals surface area (Å²) in [5.41, 5.74) is -1.18. The van der Waals surface area contributed by atoms with Crippen molar-refractivity contribution in [2.75, 3.05) is 19.6 Å². The molecule has 3 aliphatic rings. The number of piperidine rings is 1. The third-order valence-electron chi connectivity index (χ3n) is 7.66. The van der Waals surface area contributed by atoms with Crippen LogP contribution >= 0.6 is 0 Å². The second-order valence-corrected chi connectivity index (χ2v) is 9.74. The van der Waals surface area contributed by atoms with E-state index in [4.69, 9.17) is 0 Å². The highest BCUT2D eigenvalue weighted by Gasteiger charge is 2.48. The number of aliphatic hydroxyl groups is 1. The molecule has 1 aromatic heterocycles. The molecule has 1 aromatic rings. The van der Waals surface area contributed by atoms with Gasteiger partial charge in [0, 0.05) is 44.0 Å². The van der Waals surface area contributed by atoms with E-state index in [9.17, 15) is 9.90 Å². The zero-order chi connectivity index (χ0) is 20.8. The SMILES string of the molecule is O=C(NC1CCN(CC2CCCCCC2)CC1)C(O)(c1cnccn1)C1CCCC1. The van der Waals surface area contributed by atoms with Gasteiger partial charge in [-0.1, -0.05) is 38.5 Å². The van der Waals surface area contributed by atoms with E-state index in [1.807, 2.05) is 0 Å². The molecule has 0 radical (unpaired) electrons. The van der Waals surface area contributed by atoms with Crippen molar-refractivity contribution in [2.24, 2.45) is 11.8 Å². The van der Waals surface area contributed by atoms with Crippen LogP contribution in [0.4, 0.5) is 0 Å². The van der Waals surface area contributed by atoms with E-state index >= 15 is 0 Å². The zero-order valence-electron chi connectivity index (χ0n) is 18.3. The molecule has 1 unspecified atom stereocenters. The predicted octanol–water partition coefficient (Wildman–Crippen LogP) is 3.41. The fourth-order valence-electron chi connectivity index (χ4n) is 5.82. The number of amides is 1. The lowest BCUT2D eigenvalue weighted by Crippen LogP contribution is -2.54. The van der Waals surface area contributed by atoms with Gasteiger partial charge in [-0.3, -0.25) is 14.8 Å². The van der Waals surface area contributed by atoms with Gasteiger partial charge < -0.3 is 15.3 Å². The van der Waals surface area contributed by atoms with Gasteiger partial charge in [-0.05, 0) is 44.4 Å². The number of nitrogens with one attached hydrogen (secondary N) is 1. The molecule has 1 atom stereocenters. The summed E-state index contributed by atoms with van der Waals surface area (Å²) in [6.45, 7) is 3.29. The first-order valence-electron chi connectivity index (χ1n) is 12.2. The number of aromatic nitrogens is 2. The van der Waals surface area contributed by atoms with Crippen molar-refractivity contribution in [3.05, 3.63) is 24.3 Å². The molecule has 30 heavy (non-hydrogen) atoms. The summed E-state index contributed by atoms with van der Waals surface area (Å²) in [4.78, 5) is 24.3.